The Hall–Kier alpha value is -1.26. The molecule has 0 aromatic heterocycles. The molecule has 1 rings (SSSR count). The van der Waals surface area contributed by atoms with Crippen molar-refractivity contribution in [3.8, 4) is 0 Å². The summed E-state index contributed by atoms with van der Waals surface area (Å²) in [7, 11) is 1.56. The molecule has 1 atom stereocenters. The van der Waals surface area contributed by atoms with Gasteiger partial charge in [0.2, 0.25) is 5.91 Å². The average Bonchev–Trinajstić information content (AvgIpc) is 2.31. The number of rotatable bonds is 2. The van der Waals surface area contributed by atoms with E-state index in [0.717, 1.165) is 0 Å². The van der Waals surface area contributed by atoms with Crippen LogP contribution in [0.25, 0.3) is 0 Å². The Morgan fingerprint density at radius 3 is 2.69 bits per heavy atom. The van der Waals surface area contributed by atoms with E-state index in [1.54, 1.807) is 7.05 Å². The minimum absolute atomic E-state index is 0.0802. The molecule has 5 nitrogen and oxygen atoms in total. The zero-order chi connectivity index (χ0) is 10.0. The summed E-state index contributed by atoms with van der Waals surface area (Å²) in [5.41, 5.74) is 0. The van der Waals surface area contributed by atoms with Crippen LogP contribution < -0.4 is 5.32 Å². The monoisotopic (exact) mass is 186 g/mol. The van der Waals surface area contributed by atoms with Gasteiger partial charge < -0.3 is 10.1 Å². The summed E-state index contributed by atoms with van der Waals surface area (Å²) in [5.74, 6) is -0.164. The lowest BCUT2D eigenvalue weighted by Gasteiger charge is -2.17. The molecule has 1 heterocycles. The third kappa shape index (κ3) is 2.11. The van der Waals surface area contributed by atoms with Crippen LogP contribution in [0.4, 0.5) is 4.79 Å². The molecule has 0 spiro atoms. The number of likely N-dealkylation sites (N-methyl/N-ethyl adjacent to an activating group) is 1. The Morgan fingerprint density at radius 1 is 1.69 bits per heavy atom. The topological polar surface area (TPSA) is 58.6 Å². The predicted molar refractivity (Wildman–Crippen MR) is 46.2 cm³/mol. The third-order valence-electron chi connectivity index (χ3n) is 1.85. The minimum Gasteiger partial charge on any atom is -0.447 e. The van der Waals surface area contributed by atoms with Crippen molar-refractivity contribution in [2.45, 2.75) is 25.9 Å². The maximum absolute atomic E-state index is 11.4. The van der Waals surface area contributed by atoms with E-state index in [4.69, 9.17) is 4.74 Å². The van der Waals surface area contributed by atoms with Gasteiger partial charge in [0.1, 0.15) is 12.6 Å². The SMILES string of the molecule is CC(C)NC(=O)C1COC(=O)N1C. The van der Waals surface area contributed by atoms with Gasteiger partial charge in [-0.25, -0.2) is 4.79 Å². The first-order chi connectivity index (χ1) is 6.02. The van der Waals surface area contributed by atoms with Gasteiger partial charge in [0.15, 0.2) is 0 Å². The number of carbonyl (C=O) groups excluding carboxylic acids is 2. The molecular weight excluding hydrogens is 172 g/mol. The summed E-state index contributed by atoms with van der Waals surface area (Å²) in [4.78, 5) is 23.6. The van der Waals surface area contributed by atoms with Gasteiger partial charge in [-0.15, -0.1) is 0 Å². The molecule has 0 aromatic rings. The van der Waals surface area contributed by atoms with E-state index >= 15 is 0 Å². The van der Waals surface area contributed by atoms with Crippen molar-refractivity contribution < 1.29 is 14.3 Å². The van der Waals surface area contributed by atoms with Crippen molar-refractivity contribution in [2.75, 3.05) is 13.7 Å². The fourth-order valence-corrected chi connectivity index (χ4v) is 1.12. The molecule has 5 heteroatoms. The van der Waals surface area contributed by atoms with Gasteiger partial charge in [-0.1, -0.05) is 0 Å². The molecule has 1 N–H and O–H groups in total. The summed E-state index contributed by atoms with van der Waals surface area (Å²) >= 11 is 0. The van der Waals surface area contributed by atoms with Crippen LogP contribution in [0, 0.1) is 0 Å². The van der Waals surface area contributed by atoms with Crippen LogP contribution in [-0.2, 0) is 9.53 Å². The van der Waals surface area contributed by atoms with E-state index in [0.29, 0.717) is 0 Å². The van der Waals surface area contributed by atoms with E-state index in [9.17, 15) is 9.59 Å². The number of carbonyl (C=O) groups is 2. The highest BCUT2D eigenvalue weighted by Gasteiger charge is 2.35. The van der Waals surface area contributed by atoms with Crippen molar-refractivity contribution >= 4 is 12.0 Å². The van der Waals surface area contributed by atoms with E-state index < -0.39 is 12.1 Å². The first-order valence-electron chi connectivity index (χ1n) is 4.22. The molecule has 0 aromatic carbocycles. The second-order valence-corrected chi connectivity index (χ2v) is 3.37. The van der Waals surface area contributed by atoms with Gasteiger partial charge in [-0.2, -0.15) is 0 Å². The first-order valence-corrected chi connectivity index (χ1v) is 4.22. The van der Waals surface area contributed by atoms with Crippen LogP contribution in [0.2, 0.25) is 0 Å². The van der Waals surface area contributed by atoms with Gasteiger partial charge in [0.05, 0.1) is 0 Å². The highest BCUT2D eigenvalue weighted by molar-refractivity contribution is 5.87. The van der Waals surface area contributed by atoms with Crippen molar-refractivity contribution in [2.24, 2.45) is 0 Å². The van der Waals surface area contributed by atoms with Crippen LogP contribution >= 0.6 is 0 Å². The molecule has 1 unspecified atom stereocenters. The zero-order valence-corrected chi connectivity index (χ0v) is 8.03. The average molecular weight is 186 g/mol. The van der Waals surface area contributed by atoms with E-state index in [2.05, 4.69) is 5.32 Å². The Morgan fingerprint density at radius 2 is 2.31 bits per heavy atom. The highest BCUT2D eigenvalue weighted by atomic mass is 16.6. The van der Waals surface area contributed by atoms with Gasteiger partial charge in [-0.3, -0.25) is 9.69 Å². The summed E-state index contributed by atoms with van der Waals surface area (Å²) in [6.07, 6.45) is -0.441. The molecule has 0 aliphatic carbocycles. The number of ether oxygens (including phenoxy) is 1. The van der Waals surface area contributed by atoms with Crippen molar-refractivity contribution in [1.82, 2.24) is 10.2 Å². The summed E-state index contributed by atoms with van der Waals surface area (Å²) in [6, 6.07) is -0.397. The molecule has 1 saturated heterocycles. The van der Waals surface area contributed by atoms with Crippen molar-refractivity contribution in [3.63, 3.8) is 0 Å². The molecule has 0 saturated carbocycles. The summed E-state index contributed by atoms with van der Waals surface area (Å²) < 4.78 is 4.71. The number of hydrogen-bond donors (Lipinski definition) is 1. The van der Waals surface area contributed by atoms with Crippen LogP contribution in [-0.4, -0.2) is 42.6 Å². The Labute approximate surface area is 77.0 Å². The van der Waals surface area contributed by atoms with E-state index in [-0.39, 0.29) is 18.6 Å². The quantitative estimate of drug-likeness (QED) is 0.658. The largest absolute Gasteiger partial charge is 0.447 e. The lowest BCUT2D eigenvalue weighted by atomic mass is 10.2. The standard InChI is InChI=1S/C8H14N2O3/c1-5(2)9-7(11)6-4-13-8(12)10(6)3/h5-6H,4H2,1-3H3,(H,9,11). The summed E-state index contributed by atoms with van der Waals surface area (Å²) in [5, 5.41) is 2.72. The molecule has 0 bridgehead atoms. The number of hydrogen-bond acceptors (Lipinski definition) is 3. The lowest BCUT2D eigenvalue weighted by molar-refractivity contribution is -0.125. The second kappa shape index (κ2) is 3.64. The molecular formula is C8H14N2O3. The van der Waals surface area contributed by atoms with Crippen LogP contribution in [0.15, 0.2) is 0 Å². The van der Waals surface area contributed by atoms with Gasteiger partial charge in [0.25, 0.3) is 0 Å². The van der Waals surface area contributed by atoms with Gasteiger partial charge in [-0.05, 0) is 13.8 Å². The number of nitrogens with zero attached hydrogens (tertiary/aromatic N) is 1. The van der Waals surface area contributed by atoms with Crippen molar-refractivity contribution in [1.29, 1.82) is 0 Å². The smallest absolute Gasteiger partial charge is 0.410 e. The highest BCUT2D eigenvalue weighted by Crippen LogP contribution is 2.09. The molecule has 1 fully saturated rings. The molecule has 74 valence electrons. The Bertz CT molecular complexity index is 227. The van der Waals surface area contributed by atoms with Crippen LogP contribution in [0.1, 0.15) is 13.8 Å². The first kappa shape index (κ1) is 9.83. The minimum atomic E-state index is -0.477. The number of cyclic esters (lactones) is 1. The molecule has 2 amide bonds. The fraction of sp³-hybridized carbons (Fsp3) is 0.750. The van der Waals surface area contributed by atoms with Crippen molar-refractivity contribution in [3.05, 3.63) is 0 Å². The number of amides is 2. The fourth-order valence-electron chi connectivity index (χ4n) is 1.12. The molecule has 1 aliphatic rings. The number of nitrogens with one attached hydrogen (secondary N) is 1. The van der Waals surface area contributed by atoms with Gasteiger partial charge >= 0.3 is 6.09 Å². The van der Waals surface area contributed by atoms with Crippen LogP contribution in [0.3, 0.4) is 0 Å². The van der Waals surface area contributed by atoms with Crippen LogP contribution in [0.5, 0.6) is 0 Å². The Balaban J connectivity index is 2.53. The second-order valence-electron chi connectivity index (χ2n) is 3.37. The molecule has 1 aliphatic heterocycles. The van der Waals surface area contributed by atoms with Gasteiger partial charge in [0, 0.05) is 13.1 Å². The predicted octanol–water partition coefficient (Wildman–Crippen LogP) is -0.0384. The molecule has 13 heavy (non-hydrogen) atoms. The third-order valence-corrected chi connectivity index (χ3v) is 1.85. The Kier molecular flexibility index (Phi) is 2.75. The maximum atomic E-state index is 11.4. The molecule has 0 radical (unpaired) electrons. The lowest BCUT2D eigenvalue weighted by Crippen LogP contribution is -2.46. The van der Waals surface area contributed by atoms with E-state index in [1.165, 1.54) is 4.90 Å². The zero-order valence-electron chi connectivity index (χ0n) is 8.03. The maximum Gasteiger partial charge on any atom is 0.410 e. The normalized spacial score (nSPS) is 22.0. The van der Waals surface area contributed by atoms with E-state index in [1.807, 2.05) is 13.8 Å². The summed E-state index contributed by atoms with van der Waals surface area (Å²) in [6.45, 7) is 3.89.